The highest BCUT2D eigenvalue weighted by atomic mass is 79.9. The average molecular weight is 330 g/mol. The van der Waals surface area contributed by atoms with Crippen LogP contribution in [0.15, 0.2) is 10.5 Å². The first kappa shape index (κ1) is 14.3. The normalized spacial score (nSPS) is 19.0. The Labute approximate surface area is 120 Å². The summed E-state index contributed by atoms with van der Waals surface area (Å²) >= 11 is 3.39. The van der Waals surface area contributed by atoms with Gasteiger partial charge in [-0.1, -0.05) is 0 Å². The standard InChI is InChI=1S/C13H16BrNO4/c1-17-12-8(11-6-15-3-4-19-11)5-10(14)9(7-16)13(12)18-2/h5,7,11,15H,3-4,6H2,1-2H3. The van der Waals surface area contributed by atoms with Crippen LogP contribution >= 0.6 is 15.9 Å². The SMILES string of the molecule is COc1c(C2CNCCO2)cc(Br)c(C=O)c1OC. The Morgan fingerprint density at radius 2 is 2.16 bits per heavy atom. The molecule has 0 amide bonds. The van der Waals surface area contributed by atoms with Crippen LogP contribution in [-0.4, -0.2) is 40.2 Å². The molecule has 0 aliphatic carbocycles. The number of nitrogens with one attached hydrogen (secondary N) is 1. The maximum atomic E-state index is 11.2. The van der Waals surface area contributed by atoms with Gasteiger partial charge in [-0.15, -0.1) is 0 Å². The second-order valence-electron chi connectivity index (χ2n) is 4.11. The van der Waals surface area contributed by atoms with Crippen molar-refractivity contribution in [3.05, 3.63) is 21.7 Å². The summed E-state index contributed by atoms with van der Waals surface area (Å²) in [5.41, 5.74) is 1.30. The van der Waals surface area contributed by atoms with E-state index in [9.17, 15) is 4.79 Å². The molecule has 2 rings (SSSR count). The lowest BCUT2D eigenvalue weighted by Gasteiger charge is -2.26. The van der Waals surface area contributed by atoms with Crippen LogP contribution in [0, 0.1) is 0 Å². The summed E-state index contributed by atoms with van der Waals surface area (Å²) in [6, 6.07) is 1.85. The molecule has 0 bridgehead atoms. The molecule has 1 aliphatic rings. The molecule has 0 saturated carbocycles. The average Bonchev–Trinajstić information content (AvgIpc) is 2.46. The van der Waals surface area contributed by atoms with E-state index in [4.69, 9.17) is 14.2 Å². The molecule has 19 heavy (non-hydrogen) atoms. The van der Waals surface area contributed by atoms with Crippen molar-refractivity contribution in [1.82, 2.24) is 5.32 Å². The van der Waals surface area contributed by atoms with E-state index in [0.717, 1.165) is 18.4 Å². The second kappa shape index (κ2) is 6.36. The fourth-order valence-corrected chi connectivity index (χ4v) is 2.69. The summed E-state index contributed by atoms with van der Waals surface area (Å²) in [5, 5.41) is 3.26. The Balaban J connectivity index is 2.53. The lowest BCUT2D eigenvalue weighted by Crippen LogP contribution is -2.33. The molecule has 104 valence electrons. The Hall–Kier alpha value is -1.11. The van der Waals surface area contributed by atoms with Gasteiger partial charge in [0.25, 0.3) is 0 Å². The van der Waals surface area contributed by atoms with Crippen LogP contribution in [0.3, 0.4) is 0 Å². The first-order chi connectivity index (χ1) is 9.22. The van der Waals surface area contributed by atoms with Crippen LogP contribution in [0.2, 0.25) is 0 Å². The molecule has 1 atom stereocenters. The van der Waals surface area contributed by atoms with Gasteiger partial charge >= 0.3 is 0 Å². The highest BCUT2D eigenvalue weighted by Crippen LogP contribution is 2.42. The van der Waals surface area contributed by atoms with Crippen LogP contribution < -0.4 is 14.8 Å². The minimum Gasteiger partial charge on any atom is -0.492 e. The molecular formula is C13H16BrNO4. The molecule has 1 N–H and O–H groups in total. The molecule has 1 saturated heterocycles. The Bertz CT molecular complexity index is 472. The third-order valence-corrected chi connectivity index (χ3v) is 3.71. The number of methoxy groups -OCH3 is 2. The zero-order valence-corrected chi connectivity index (χ0v) is 12.5. The van der Waals surface area contributed by atoms with Gasteiger partial charge < -0.3 is 19.5 Å². The van der Waals surface area contributed by atoms with E-state index in [1.165, 1.54) is 7.11 Å². The summed E-state index contributed by atoms with van der Waals surface area (Å²) in [7, 11) is 3.07. The van der Waals surface area contributed by atoms with Gasteiger partial charge in [-0.2, -0.15) is 0 Å². The maximum Gasteiger partial charge on any atom is 0.172 e. The number of halogens is 1. The summed E-state index contributed by atoms with van der Waals surface area (Å²) in [6.07, 6.45) is 0.629. The number of aldehydes is 1. The maximum absolute atomic E-state index is 11.2. The smallest absolute Gasteiger partial charge is 0.172 e. The van der Waals surface area contributed by atoms with Crippen molar-refractivity contribution in [1.29, 1.82) is 0 Å². The Kier molecular flexibility index (Phi) is 4.79. The predicted molar refractivity (Wildman–Crippen MR) is 74.2 cm³/mol. The predicted octanol–water partition coefficient (Wildman–Crippen LogP) is 1.94. The van der Waals surface area contributed by atoms with Crippen LogP contribution in [0.25, 0.3) is 0 Å². The molecule has 5 nitrogen and oxygen atoms in total. The molecule has 0 spiro atoms. The number of hydrogen-bond donors (Lipinski definition) is 1. The molecule has 1 unspecified atom stereocenters. The lowest BCUT2D eigenvalue weighted by atomic mass is 10.0. The third-order valence-electron chi connectivity index (χ3n) is 3.05. The molecule has 1 heterocycles. The molecule has 6 heteroatoms. The summed E-state index contributed by atoms with van der Waals surface area (Å²) < 4.78 is 17.1. The molecule has 1 fully saturated rings. The van der Waals surface area contributed by atoms with Crippen molar-refractivity contribution in [2.75, 3.05) is 33.9 Å². The number of rotatable bonds is 4. The van der Waals surface area contributed by atoms with E-state index < -0.39 is 0 Å². The highest BCUT2D eigenvalue weighted by molar-refractivity contribution is 9.10. The monoisotopic (exact) mass is 329 g/mol. The summed E-state index contributed by atoms with van der Waals surface area (Å²) in [6.45, 7) is 2.18. The molecular weight excluding hydrogens is 314 g/mol. The van der Waals surface area contributed by atoms with Gasteiger partial charge in [0.15, 0.2) is 17.8 Å². The number of benzene rings is 1. The quantitative estimate of drug-likeness (QED) is 0.855. The van der Waals surface area contributed by atoms with Crippen LogP contribution in [0.1, 0.15) is 22.0 Å². The van der Waals surface area contributed by atoms with Crippen molar-refractivity contribution in [3.63, 3.8) is 0 Å². The number of ether oxygens (including phenoxy) is 3. The number of hydrogen-bond acceptors (Lipinski definition) is 5. The van der Waals surface area contributed by atoms with Crippen molar-refractivity contribution in [3.8, 4) is 11.5 Å². The first-order valence-corrected chi connectivity index (χ1v) is 6.74. The van der Waals surface area contributed by atoms with E-state index >= 15 is 0 Å². The van der Waals surface area contributed by atoms with Gasteiger partial charge in [-0.05, 0) is 22.0 Å². The fourth-order valence-electron chi connectivity index (χ4n) is 2.17. The van der Waals surface area contributed by atoms with Gasteiger partial charge in [-0.3, -0.25) is 4.79 Å². The van der Waals surface area contributed by atoms with Gasteiger partial charge in [-0.25, -0.2) is 0 Å². The van der Waals surface area contributed by atoms with Gasteiger partial charge in [0.2, 0.25) is 0 Å². The molecule has 1 aliphatic heterocycles. The minimum atomic E-state index is -0.116. The number of morpholine rings is 1. The van der Waals surface area contributed by atoms with Crippen LogP contribution in [0.4, 0.5) is 0 Å². The van der Waals surface area contributed by atoms with Gasteiger partial charge in [0.05, 0.1) is 32.5 Å². The summed E-state index contributed by atoms with van der Waals surface area (Å²) in [4.78, 5) is 11.2. The van der Waals surface area contributed by atoms with E-state index in [-0.39, 0.29) is 6.10 Å². The second-order valence-corrected chi connectivity index (χ2v) is 4.96. The van der Waals surface area contributed by atoms with E-state index in [1.807, 2.05) is 6.07 Å². The highest BCUT2D eigenvalue weighted by Gasteiger charge is 2.25. The zero-order valence-electron chi connectivity index (χ0n) is 10.9. The molecule has 1 aromatic carbocycles. The number of carbonyl (C=O) groups is 1. The lowest BCUT2D eigenvalue weighted by molar-refractivity contribution is 0.0260. The van der Waals surface area contributed by atoms with E-state index in [2.05, 4.69) is 21.2 Å². The number of carbonyl (C=O) groups excluding carboxylic acids is 1. The van der Waals surface area contributed by atoms with Crippen molar-refractivity contribution in [2.24, 2.45) is 0 Å². The largest absolute Gasteiger partial charge is 0.492 e. The van der Waals surface area contributed by atoms with Crippen LogP contribution in [0.5, 0.6) is 11.5 Å². The van der Waals surface area contributed by atoms with Crippen molar-refractivity contribution >= 4 is 22.2 Å². The topological polar surface area (TPSA) is 56.8 Å². The minimum absolute atomic E-state index is 0.116. The van der Waals surface area contributed by atoms with Crippen LogP contribution in [-0.2, 0) is 4.74 Å². The van der Waals surface area contributed by atoms with Gasteiger partial charge in [0, 0.05) is 23.1 Å². The fraction of sp³-hybridized carbons (Fsp3) is 0.462. The molecule has 0 radical (unpaired) electrons. The first-order valence-electron chi connectivity index (χ1n) is 5.94. The molecule has 1 aromatic rings. The van der Waals surface area contributed by atoms with Crippen molar-refractivity contribution < 1.29 is 19.0 Å². The van der Waals surface area contributed by atoms with E-state index in [0.29, 0.717) is 34.7 Å². The Morgan fingerprint density at radius 3 is 2.68 bits per heavy atom. The van der Waals surface area contributed by atoms with E-state index in [1.54, 1.807) is 7.11 Å². The van der Waals surface area contributed by atoms with Crippen molar-refractivity contribution in [2.45, 2.75) is 6.10 Å². The van der Waals surface area contributed by atoms with Gasteiger partial charge in [0.1, 0.15) is 0 Å². The zero-order chi connectivity index (χ0) is 13.8. The third kappa shape index (κ3) is 2.75. The molecule has 0 aromatic heterocycles. The summed E-state index contributed by atoms with van der Waals surface area (Å²) in [5.74, 6) is 0.970. The Morgan fingerprint density at radius 1 is 1.42 bits per heavy atom.